The average Bonchev–Trinajstić information content (AvgIpc) is 1.83. The lowest BCUT2D eigenvalue weighted by Crippen LogP contribution is -2.29. The fourth-order valence-electron chi connectivity index (χ4n) is 0.637. The minimum atomic E-state index is -4.80. The van der Waals surface area contributed by atoms with E-state index >= 15 is 0 Å². The van der Waals surface area contributed by atoms with Crippen LogP contribution in [0, 0.1) is 0 Å². The molecule has 1 aliphatic heterocycles. The van der Waals surface area contributed by atoms with Crippen molar-refractivity contribution in [1.82, 2.24) is 5.32 Å². The Hall–Kier alpha value is -1.14. The molecule has 1 rings (SSSR count). The molecule has 0 aliphatic carbocycles. The van der Waals surface area contributed by atoms with Crippen molar-refractivity contribution in [2.24, 2.45) is 4.99 Å². The van der Waals surface area contributed by atoms with Gasteiger partial charge in [0.15, 0.2) is 0 Å². The summed E-state index contributed by atoms with van der Waals surface area (Å²) in [5.74, 6) is -1.73. The number of nitrogens with zero attached hydrogens (tertiary/aromatic N) is 1. The summed E-state index contributed by atoms with van der Waals surface area (Å²) in [4.78, 5) is 2.75. The molecule has 0 unspecified atom stereocenters. The smallest absolute Gasteiger partial charge is 0.292 e. The Morgan fingerprint density at radius 2 is 1.83 bits per heavy atom. The Morgan fingerprint density at radius 3 is 2.25 bits per heavy atom. The van der Waals surface area contributed by atoms with E-state index in [1.54, 1.807) is 0 Å². The molecule has 0 atom stereocenters. The molecule has 68 valence electrons. The molecule has 0 aromatic rings. The summed E-state index contributed by atoms with van der Waals surface area (Å²) >= 11 is 0. The molecule has 1 N–H and O–H groups in total. The van der Waals surface area contributed by atoms with Gasteiger partial charge < -0.3 is 0 Å². The third-order valence-corrected chi connectivity index (χ3v) is 1.20. The number of hydrogen-bond acceptors (Lipinski definition) is 2. The van der Waals surface area contributed by atoms with Gasteiger partial charge in [0, 0.05) is 0 Å². The van der Waals surface area contributed by atoms with Crippen LogP contribution in [0.1, 0.15) is 0 Å². The number of nitrogens with one attached hydrogen (secondary N) is 1. The number of halogens is 5. The van der Waals surface area contributed by atoms with Gasteiger partial charge in [-0.05, 0) is 0 Å². The fourth-order valence-corrected chi connectivity index (χ4v) is 0.637. The molecule has 0 saturated carbocycles. The lowest BCUT2D eigenvalue weighted by atomic mass is 10.2. The molecule has 0 aromatic carbocycles. The molecule has 12 heavy (non-hydrogen) atoms. The molecule has 0 bridgehead atoms. The second kappa shape index (κ2) is 2.72. The van der Waals surface area contributed by atoms with Gasteiger partial charge in [-0.3, -0.25) is 5.32 Å². The summed E-state index contributed by atoms with van der Waals surface area (Å²) in [7, 11) is 0. The van der Waals surface area contributed by atoms with E-state index in [2.05, 4.69) is 4.99 Å². The maximum absolute atomic E-state index is 12.3. The van der Waals surface area contributed by atoms with E-state index in [-0.39, 0.29) is 0 Å². The number of aliphatic imine (C=N–C) groups is 1. The second-order valence-electron chi connectivity index (χ2n) is 2.02. The van der Waals surface area contributed by atoms with Crippen molar-refractivity contribution in [2.45, 2.75) is 6.18 Å². The van der Waals surface area contributed by atoms with E-state index in [4.69, 9.17) is 0 Å². The lowest BCUT2D eigenvalue weighted by Gasteiger charge is -2.14. The van der Waals surface area contributed by atoms with Gasteiger partial charge in [0.05, 0.1) is 6.54 Å². The third-order valence-electron chi connectivity index (χ3n) is 1.20. The monoisotopic (exact) mass is 186 g/mol. The highest BCUT2D eigenvalue weighted by Crippen LogP contribution is 2.29. The Morgan fingerprint density at radius 1 is 1.25 bits per heavy atom. The molecule has 0 spiro atoms. The second-order valence-corrected chi connectivity index (χ2v) is 2.02. The van der Waals surface area contributed by atoms with Crippen molar-refractivity contribution < 1.29 is 22.0 Å². The molecule has 1 aliphatic rings. The lowest BCUT2D eigenvalue weighted by molar-refractivity contribution is -0.0946. The number of rotatable bonds is 0. The van der Waals surface area contributed by atoms with Crippen molar-refractivity contribution in [1.29, 1.82) is 0 Å². The van der Waals surface area contributed by atoms with Crippen LogP contribution < -0.4 is 5.32 Å². The Balaban J connectivity index is 2.87. The molecule has 7 heteroatoms. The van der Waals surface area contributed by atoms with Crippen LogP contribution in [0.2, 0.25) is 0 Å². The minimum absolute atomic E-state index is 1.02. The van der Waals surface area contributed by atoms with Crippen molar-refractivity contribution in [3.8, 4) is 0 Å². The number of alkyl halides is 3. The van der Waals surface area contributed by atoms with Crippen LogP contribution in [0.5, 0.6) is 0 Å². The number of hydrogen-bond donors (Lipinski definition) is 1. The molecule has 0 radical (unpaired) electrons. The van der Waals surface area contributed by atoms with Gasteiger partial charge in [-0.15, -0.1) is 0 Å². The van der Waals surface area contributed by atoms with Crippen LogP contribution in [0.4, 0.5) is 22.0 Å². The van der Waals surface area contributed by atoms with E-state index in [1.807, 2.05) is 0 Å². The minimum Gasteiger partial charge on any atom is -0.292 e. The molecule has 0 saturated heterocycles. The first-order valence-electron chi connectivity index (χ1n) is 2.84. The first-order valence-corrected chi connectivity index (χ1v) is 2.84. The highest BCUT2D eigenvalue weighted by atomic mass is 19.4. The molecule has 0 fully saturated rings. The van der Waals surface area contributed by atoms with E-state index in [1.165, 1.54) is 5.32 Å². The van der Waals surface area contributed by atoms with Crippen molar-refractivity contribution in [3.63, 3.8) is 0 Å². The normalized spacial score (nSPS) is 18.9. The number of amidine groups is 1. The summed E-state index contributed by atoms with van der Waals surface area (Å²) in [5, 5.41) is 1.21. The molecule has 2 nitrogen and oxygen atoms in total. The zero-order valence-corrected chi connectivity index (χ0v) is 5.54. The van der Waals surface area contributed by atoms with Crippen molar-refractivity contribution in [3.05, 3.63) is 11.5 Å². The molecule has 0 amide bonds. The fraction of sp³-hybridized carbons (Fsp3) is 0.400. The van der Waals surface area contributed by atoms with Crippen LogP contribution in [-0.2, 0) is 0 Å². The van der Waals surface area contributed by atoms with E-state index in [9.17, 15) is 22.0 Å². The maximum atomic E-state index is 12.3. The van der Waals surface area contributed by atoms with Gasteiger partial charge in [0.1, 0.15) is 5.57 Å². The zero-order valence-electron chi connectivity index (χ0n) is 5.54. The summed E-state index contributed by atoms with van der Waals surface area (Å²) in [6.45, 7) is -1.02. The maximum Gasteiger partial charge on any atom is 0.418 e. The first kappa shape index (κ1) is 8.95. The SMILES string of the molecule is FC1=NCC(C(F)(F)F)=C(F)N1. The Kier molecular flexibility index (Phi) is 2.03. The van der Waals surface area contributed by atoms with Crippen molar-refractivity contribution >= 4 is 6.09 Å². The summed E-state index contributed by atoms with van der Waals surface area (Å²) < 4.78 is 59.7. The van der Waals surface area contributed by atoms with Crippen LogP contribution in [0.3, 0.4) is 0 Å². The molecule has 0 aromatic heterocycles. The molecular formula is C5H3F5N2. The van der Waals surface area contributed by atoms with Crippen LogP contribution >= 0.6 is 0 Å². The third kappa shape index (κ3) is 1.72. The first-order chi connectivity index (χ1) is 5.41. The van der Waals surface area contributed by atoms with Gasteiger partial charge in [0.25, 0.3) is 6.09 Å². The van der Waals surface area contributed by atoms with Gasteiger partial charge in [-0.25, -0.2) is 4.99 Å². The Labute approximate surface area is 63.8 Å². The predicted octanol–water partition coefficient (Wildman–Crippen LogP) is 1.66. The molecular weight excluding hydrogens is 183 g/mol. The van der Waals surface area contributed by atoms with E-state index in [0.29, 0.717) is 0 Å². The molecule has 1 heterocycles. The Bertz CT molecular complexity index is 251. The zero-order chi connectivity index (χ0) is 9.35. The van der Waals surface area contributed by atoms with Gasteiger partial charge in [-0.2, -0.15) is 22.0 Å². The van der Waals surface area contributed by atoms with Crippen LogP contribution in [0.25, 0.3) is 0 Å². The summed E-state index contributed by atoms with van der Waals surface area (Å²) in [6, 6.07) is 0. The highest BCUT2D eigenvalue weighted by molar-refractivity contribution is 5.75. The highest BCUT2D eigenvalue weighted by Gasteiger charge is 2.38. The van der Waals surface area contributed by atoms with Gasteiger partial charge in [-0.1, -0.05) is 0 Å². The van der Waals surface area contributed by atoms with Crippen LogP contribution in [-0.4, -0.2) is 18.8 Å². The van der Waals surface area contributed by atoms with Crippen LogP contribution in [0.15, 0.2) is 16.5 Å². The van der Waals surface area contributed by atoms with Gasteiger partial charge in [0.2, 0.25) is 5.95 Å². The van der Waals surface area contributed by atoms with Gasteiger partial charge >= 0.3 is 6.18 Å². The average molecular weight is 186 g/mol. The summed E-state index contributed by atoms with van der Waals surface area (Å²) in [6.07, 6.45) is -6.15. The predicted molar refractivity (Wildman–Crippen MR) is 30.7 cm³/mol. The largest absolute Gasteiger partial charge is 0.418 e. The topological polar surface area (TPSA) is 24.4 Å². The standard InChI is InChI=1S/C5H3F5N2/c6-3-2(5(8,9)10)1-11-4(7)12-3/h1H2,(H,11,12). The quantitative estimate of drug-likeness (QED) is 0.451. The summed E-state index contributed by atoms with van der Waals surface area (Å²) in [5.41, 5.74) is -1.50. The van der Waals surface area contributed by atoms with Crippen molar-refractivity contribution in [2.75, 3.05) is 6.54 Å². The van der Waals surface area contributed by atoms with E-state index in [0.717, 1.165) is 0 Å². The van der Waals surface area contributed by atoms with E-state index < -0.39 is 30.3 Å².